The number of hydrogen-bond acceptors (Lipinski definition) is 6. The molecule has 0 spiro atoms. The van der Waals surface area contributed by atoms with Gasteiger partial charge in [-0.3, -0.25) is 0 Å². The molecule has 128 valence electrons. The Morgan fingerprint density at radius 1 is 1.24 bits per heavy atom. The minimum Gasteiger partial charge on any atom is -0.397 e. The minimum absolute atomic E-state index is 0.207. The molecule has 0 aliphatic heterocycles. The molecule has 0 aromatic carbocycles. The maximum atomic E-state index is 9.51. The largest absolute Gasteiger partial charge is 0.397 e. The zero-order chi connectivity index (χ0) is 16.9. The fraction of sp³-hybridized carbons (Fsp3) is 1.00. The average molecular weight is 322 g/mol. The Kier molecular flexibility index (Phi) is 8.00. The molecule has 0 aliphatic carbocycles. The van der Waals surface area contributed by atoms with Gasteiger partial charge in [0.25, 0.3) is 0 Å². The summed E-state index contributed by atoms with van der Waals surface area (Å²) >= 11 is 0. The molecule has 0 radical (unpaired) electrons. The third kappa shape index (κ3) is 7.69. The lowest BCUT2D eigenvalue weighted by molar-refractivity contribution is 0.0729. The number of nitrogens with zero attached hydrogens (tertiary/aromatic N) is 1. The Bertz CT molecular complexity index is 305. The lowest BCUT2D eigenvalue weighted by Gasteiger charge is -2.45. The second-order valence-corrected chi connectivity index (χ2v) is 11.4. The van der Waals surface area contributed by atoms with Crippen molar-refractivity contribution in [1.82, 2.24) is 4.90 Å². The summed E-state index contributed by atoms with van der Waals surface area (Å²) in [5.41, 5.74) is 11.7. The van der Waals surface area contributed by atoms with Crippen LogP contribution in [0.25, 0.3) is 0 Å². The quantitative estimate of drug-likeness (QED) is 0.337. The number of hydrogen-bond donors (Lipinski definition) is 4. The predicted molar refractivity (Wildman–Crippen MR) is 89.1 cm³/mol. The fourth-order valence-corrected chi connectivity index (χ4v) is 5.28. The highest BCUT2D eigenvalue weighted by molar-refractivity contribution is 6.75. The first-order valence-corrected chi connectivity index (χ1v) is 10.3. The van der Waals surface area contributed by atoms with Crippen molar-refractivity contribution in [2.45, 2.75) is 64.6 Å². The van der Waals surface area contributed by atoms with E-state index in [1.165, 1.54) is 0 Å². The van der Waals surface area contributed by atoms with E-state index in [-0.39, 0.29) is 6.61 Å². The van der Waals surface area contributed by atoms with E-state index in [1.807, 2.05) is 27.7 Å². The Labute approximate surface area is 130 Å². The second kappa shape index (κ2) is 8.01. The molecule has 0 rings (SSSR count). The van der Waals surface area contributed by atoms with Crippen LogP contribution < -0.4 is 11.5 Å². The third-order valence-electron chi connectivity index (χ3n) is 3.81. The molecule has 21 heavy (non-hydrogen) atoms. The molecular weight excluding hydrogens is 286 g/mol. The molecule has 6 N–H and O–H groups in total. The maximum Gasteiger partial charge on any atom is 0.224 e. The van der Waals surface area contributed by atoms with E-state index < -0.39 is 25.3 Å². The van der Waals surface area contributed by atoms with Crippen LogP contribution in [0.15, 0.2) is 0 Å². The van der Waals surface area contributed by atoms with Crippen molar-refractivity contribution in [2.75, 3.05) is 25.9 Å². The number of rotatable bonds is 10. The topological polar surface area (TPSA) is 105 Å². The van der Waals surface area contributed by atoms with Crippen molar-refractivity contribution in [1.29, 1.82) is 0 Å². The van der Waals surface area contributed by atoms with Gasteiger partial charge in [0.2, 0.25) is 8.32 Å². The van der Waals surface area contributed by atoms with Gasteiger partial charge in [0, 0.05) is 17.9 Å². The Morgan fingerprint density at radius 3 is 2.10 bits per heavy atom. The van der Waals surface area contributed by atoms with Gasteiger partial charge in [-0.2, -0.15) is 0 Å². The Morgan fingerprint density at radius 2 is 1.76 bits per heavy atom. The van der Waals surface area contributed by atoms with Gasteiger partial charge < -0.3 is 31.0 Å². The maximum absolute atomic E-state index is 9.51. The van der Waals surface area contributed by atoms with Crippen LogP contribution in [0.4, 0.5) is 0 Å². The van der Waals surface area contributed by atoms with Gasteiger partial charge in [0.15, 0.2) is 0 Å². The van der Waals surface area contributed by atoms with Gasteiger partial charge in [-0.15, -0.1) is 0 Å². The van der Waals surface area contributed by atoms with E-state index >= 15 is 0 Å². The summed E-state index contributed by atoms with van der Waals surface area (Å²) in [6.07, 6.45) is 0.599. The molecular formula is C14H35N3O3Si. The normalized spacial score (nSPS) is 17.9. The fourth-order valence-electron chi connectivity index (χ4n) is 2.15. The standard InChI is InChI=1S/C14H35N3O3Si/c1-7-17(9-8-12(19)10-18)11-21(6,14(4,5)16)20-13(2,3)15/h12,18-19H,7-11,15-16H2,1-6H3. The zero-order valence-electron chi connectivity index (χ0n) is 14.5. The van der Waals surface area contributed by atoms with Crippen LogP contribution >= 0.6 is 0 Å². The van der Waals surface area contributed by atoms with Crippen LogP contribution in [0.1, 0.15) is 41.0 Å². The van der Waals surface area contributed by atoms with Crippen LogP contribution in [0, 0.1) is 0 Å². The first kappa shape index (κ1) is 21.0. The van der Waals surface area contributed by atoms with Gasteiger partial charge in [-0.1, -0.05) is 6.92 Å². The molecule has 0 heterocycles. The van der Waals surface area contributed by atoms with Gasteiger partial charge in [0.05, 0.1) is 18.4 Å². The first-order chi connectivity index (χ1) is 9.34. The van der Waals surface area contributed by atoms with Gasteiger partial charge in [-0.25, -0.2) is 0 Å². The van der Waals surface area contributed by atoms with Crippen molar-refractivity contribution in [3.63, 3.8) is 0 Å². The number of nitrogens with two attached hydrogens (primary N) is 2. The molecule has 2 atom stereocenters. The highest BCUT2D eigenvalue weighted by Gasteiger charge is 2.46. The molecule has 0 saturated carbocycles. The highest BCUT2D eigenvalue weighted by Crippen LogP contribution is 2.24. The summed E-state index contributed by atoms with van der Waals surface area (Å²) in [6.45, 7) is 13.2. The van der Waals surface area contributed by atoms with Crippen molar-refractivity contribution in [3.05, 3.63) is 0 Å². The minimum atomic E-state index is -2.32. The lowest BCUT2D eigenvalue weighted by Crippen LogP contribution is -2.69. The Hall–Kier alpha value is -0.0231. The van der Waals surface area contributed by atoms with Gasteiger partial charge in [-0.05, 0) is 47.2 Å². The molecule has 0 aromatic heterocycles. The second-order valence-electron chi connectivity index (χ2n) is 7.15. The highest BCUT2D eigenvalue weighted by atomic mass is 28.4. The van der Waals surface area contributed by atoms with Crippen molar-refractivity contribution in [2.24, 2.45) is 11.5 Å². The summed E-state index contributed by atoms with van der Waals surface area (Å²) in [7, 11) is -2.32. The van der Waals surface area contributed by atoms with E-state index in [0.717, 1.165) is 12.7 Å². The zero-order valence-corrected chi connectivity index (χ0v) is 15.5. The van der Waals surface area contributed by atoms with E-state index in [2.05, 4.69) is 18.4 Å². The summed E-state index contributed by atoms with van der Waals surface area (Å²) in [5.74, 6) is 0. The van der Waals surface area contributed by atoms with Crippen LogP contribution in [0.3, 0.4) is 0 Å². The molecule has 0 bridgehead atoms. The van der Waals surface area contributed by atoms with Gasteiger partial charge >= 0.3 is 0 Å². The van der Waals surface area contributed by atoms with Crippen LogP contribution in [-0.4, -0.2) is 66.3 Å². The van der Waals surface area contributed by atoms with Crippen molar-refractivity contribution >= 4 is 8.32 Å². The molecule has 6 nitrogen and oxygen atoms in total. The predicted octanol–water partition coefficient (Wildman–Crippen LogP) is 0.154. The summed E-state index contributed by atoms with van der Waals surface area (Å²) in [6, 6.07) is 0. The van der Waals surface area contributed by atoms with Crippen LogP contribution in [0.2, 0.25) is 6.55 Å². The SMILES string of the molecule is CCN(CCC(O)CO)C[Si](C)(OC(C)(C)N)C(C)(C)N. The molecule has 0 fully saturated rings. The number of aliphatic hydroxyl groups excluding tert-OH is 2. The monoisotopic (exact) mass is 321 g/mol. The van der Waals surface area contributed by atoms with E-state index in [1.54, 1.807) is 0 Å². The first-order valence-electron chi connectivity index (χ1n) is 7.64. The smallest absolute Gasteiger partial charge is 0.224 e. The summed E-state index contributed by atoms with van der Waals surface area (Å²) in [4.78, 5) is 2.21. The van der Waals surface area contributed by atoms with Crippen LogP contribution in [-0.2, 0) is 4.43 Å². The average Bonchev–Trinajstić information content (AvgIpc) is 2.30. The van der Waals surface area contributed by atoms with E-state index in [4.69, 9.17) is 21.0 Å². The van der Waals surface area contributed by atoms with Gasteiger partial charge in [0.1, 0.15) is 0 Å². The van der Waals surface area contributed by atoms with Crippen molar-refractivity contribution < 1.29 is 14.6 Å². The van der Waals surface area contributed by atoms with E-state index in [9.17, 15) is 5.11 Å². The molecule has 0 aliphatic rings. The summed E-state index contributed by atoms with van der Waals surface area (Å²) in [5, 5.41) is 18.0. The number of aliphatic hydroxyl groups is 2. The third-order valence-corrected chi connectivity index (χ3v) is 8.57. The molecule has 7 heteroatoms. The lowest BCUT2D eigenvalue weighted by atomic mass is 10.2. The molecule has 2 unspecified atom stereocenters. The summed E-state index contributed by atoms with van der Waals surface area (Å²) < 4.78 is 6.19. The Balaban J connectivity index is 4.93. The van der Waals surface area contributed by atoms with E-state index in [0.29, 0.717) is 13.0 Å². The molecule has 0 aromatic rings. The van der Waals surface area contributed by atoms with Crippen LogP contribution in [0.5, 0.6) is 0 Å². The molecule has 0 saturated heterocycles. The van der Waals surface area contributed by atoms with Crippen molar-refractivity contribution in [3.8, 4) is 0 Å². The molecule has 0 amide bonds.